The molecule has 0 saturated carbocycles. The van der Waals surface area contributed by atoms with E-state index in [2.05, 4.69) is 15.9 Å². The average molecular weight is 211 g/mol. The highest BCUT2D eigenvalue weighted by atomic mass is 79.9. The van der Waals surface area contributed by atoms with Crippen LogP contribution in [-0.2, 0) is 4.79 Å². The highest BCUT2D eigenvalue weighted by Gasteiger charge is 1.96. The maximum absolute atomic E-state index is 10.6. The second-order valence-electron chi connectivity index (χ2n) is 1.72. The van der Waals surface area contributed by atoms with E-state index < -0.39 is 0 Å². The second kappa shape index (κ2) is 6.62. The predicted octanol–water partition coefficient (Wildman–Crippen LogP) is 2.44. The maximum atomic E-state index is 10.6. The molecule has 0 N–H and O–H groups in total. The zero-order valence-electron chi connectivity index (χ0n) is 5.52. The van der Waals surface area contributed by atoms with E-state index >= 15 is 0 Å². The van der Waals surface area contributed by atoms with E-state index in [4.69, 9.17) is 0 Å². The van der Waals surface area contributed by atoms with Gasteiger partial charge in [0.15, 0.2) is 5.12 Å². The Balaban J connectivity index is 2.97. The molecular formula is C6H11BrOS. The van der Waals surface area contributed by atoms with E-state index in [0.717, 1.165) is 24.6 Å². The van der Waals surface area contributed by atoms with Crippen molar-refractivity contribution in [1.82, 2.24) is 0 Å². The molecule has 0 spiro atoms. The quantitative estimate of drug-likeness (QED) is 0.524. The fourth-order valence-corrected chi connectivity index (χ4v) is 1.21. The Morgan fingerprint density at radius 3 is 2.67 bits per heavy atom. The molecule has 0 amide bonds. The monoisotopic (exact) mass is 210 g/mol. The molecule has 0 aliphatic heterocycles. The fraction of sp³-hybridized carbons (Fsp3) is 0.833. The molecule has 0 fully saturated rings. The van der Waals surface area contributed by atoms with Gasteiger partial charge in [-0.3, -0.25) is 4.79 Å². The smallest absolute Gasteiger partial charge is 0.188 e. The van der Waals surface area contributed by atoms with E-state index in [-0.39, 0.29) is 0 Å². The third-order valence-corrected chi connectivity index (χ3v) is 2.21. The van der Waals surface area contributed by atoms with Crippen LogP contribution >= 0.6 is 27.7 Å². The van der Waals surface area contributed by atoms with Crippen LogP contribution in [0.5, 0.6) is 0 Å². The van der Waals surface area contributed by atoms with Crippen LogP contribution in [0.3, 0.4) is 0 Å². The van der Waals surface area contributed by atoms with Crippen molar-refractivity contribution in [3.63, 3.8) is 0 Å². The molecule has 0 aromatic rings. The van der Waals surface area contributed by atoms with Crippen molar-refractivity contribution in [2.75, 3.05) is 11.6 Å². The lowest BCUT2D eigenvalue weighted by Crippen LogP contribution is -1.89. The molecule has 0 atom stereocenters. The Kier molecular flexibility index (Phi) is 6.99. The zero-order chi connectivity index (χ0) is 7.11. The number of carbonyl (C=O) groups is 1. The SMILES string of the molecule is CSC(=O)CCCCBr. The predicted molar refractivity (Wildman–Crippen MR) is 46.2 cm³/mol. The van der Waals surface area contributed by atoms with Crippen molar-refractivity contribution < 1.29 is 4.79 Å². The number of unbranched alkanes of at least 4 members (excludes halogenated alkanes) is 1. The van der Waals surface area contributed by atoms with E-state index in [1.807, 2.05) is 6.26 Å². The standard InChI is InChI=1S/C6H11BrOS/c1-9-6(8)4-2-3-5-7/h2-5H2,1H3. The van der Waals surface area contributed by atoms with Gasteiger partial charge < -0.3 is 0 Å². The molecule has 0 aromatic heterocycles. The summed E-state index contributed by atoms with van der Waals surface area (Å²) in [5, 5.41) is 1.31. The Labute approximate surface area is 68.7 Å². The van der Waals surface area contributed by atoms with Gasteiger partial charge in [0.1, 0.15) is 0 Å². The van der Waals surface area contributed by atoms with Gasteiger partial charge in [-0.25, -0.2) is 0 Å². The molecule has 0 heterocycles. The van der Waals surface area contributed by atoms with Crippen LogP contribution in [0.2, 0.25) is 0 Å². The first-order chi connectivity index (χ1) is 4.31. The van der Waals surface area contributed by atoms with E-state index in [1.165, 1.54) is 11.8 Å². The van der Waals surface area contributed by atoms with E-state index in [9.17, 15) is 4.79 Å². The summed E-state index contributed by atoms with van der Waals surface area (Å²) in [7, 11) is 0. The van der Waals surface area contributed by atoms with Gasteiger partial charge in [0.25, 0.3) is 0 Å². The van der Waals surface area contributed by atoms with Crippen LogP contribution in [0.15, 0.2) is 0 Å². The molecule has 0 aromatic carbocycles. The Morgan fingerprint density at radius 1 is 1.56 bits per heavy atom. The molecule has 0 radical (unpaired) electrons. The number of alkyl halides is 1. The van der Waals surface area contributed by atoms with Crippen molar-refractivity contribution in [2.45, 2.75) is 19.3 Å². The Bertz CT molecular complexity index is 85.1. The summed E-state index contributed by atoms with van der Waals surface area (Å²) < 4.78 is 0. The van der Waals surface area contributed by atoms with Gasteiger partial charge in [0.2, 0.25) is 0 Å². The first-order valence-electron chi connectivity index (χ1n) is 2.94. The maximum Gasteiger partial charge on any atom is 0.188 e. The number of thioether (sulfide) groups is 1. The summed E-state index contributed by atoms with van der Waals surface area (Å²) in [4.78, 5) is 10.6. The first kappa shape index (κ1) is 9.50. The first-order valence-corrected chi connectivity index (χ1v) is 5.28. The van der Waals surface area contributed by atoms with E-state index in [0.29, 0.717) is 5.12 Å². The van der Waals surface area contributed by atoms with Gasteiger partial charge in [-0.2, -0.15) is 0 Å². The van der Waals surface area contributed by atoms with Gasteiger partial charge >= 0.3 is 0 Å². The molecule has 0 aliphatic carbocycles. The van der Waals surface area contributed by atoms with Crippen molar-refractivity contribution in [2.24, 2.45) is 0 Å². The average Bonchev–Trinajstić information content (AvgIpc) is 1.89. The third-order valence-electron chi connectivity index (χ3n) is 0.992. The lowest BCUT2D eigenvalue weighted by atomic mass is 10.3. The summed E-state index contributed by atoms with van der Waals surface area (Å²) >= 11 is 4.62. The van der Waals surface area contributed by atoms with Gasteiger partial charge in [-0.05, 0) is 19.1 Å². The van der Waals surface area contributed by atoms with Crippen molar-refractivity contribution in [1.29, 1.82) is 0 Å². The number of hydrogen-bond acceptors (Lipinski definition) is 2. The van der Waals surface area contributed by atoms with E-state index in [1.54, 1.807) is 0 Å². The second-order valence-corrected chi connectivity index (χ2v) is 3.38. The number of rotatable bonds is 4. The lowest BCUT2D eigenvalue weighted by molar-refractivity contribution is -0.111. The highest BCUT2D eigenvalue weighted by Crippen LogP contribution is 2.05. The Morgan fingerprint density at radius 2 is 2.22 bits per heavy atom. The fourth-order valence-electron chi connectivity index (χ4n) is 0.466. The molecule has 3 heteroatoms. The number of halogens is 1. The van der Waals surface area contributed by atoms with Crippen LogP contribution in [0, 0.1) is 0 Å². The highest BCUT2D eigenvalue weighted by molar-refractivity contribution is 9.09. The van der Waals surface area contributed by atoms with Gasteiger partial charge in [-0.15, -0.1) is 0 Å². The van der Waals surface area contributed by atoms with Crippen molar-refractivity contribution in [3.05, 3.63) is 0 Å². The van der Waals surface area contributed by atoms with Crippen LogP contribution in [0.4, 0.5) is 0 Å². The van der Waals surface area contributed by atoms with Crippen molar-refractivity contribution in [3.8, 4) is 0 Å². The minimum absolute atomic E-state index is 0.302. The zero-order valence-corrected chi connectivity index (χ0v) is 7.93. The molecule has 1 nitrogen and oxygen atoms in total. The molecular weight excluding hydrogens is 200 g/mol. The van der Waals surface area contributed by atoms with Gasteiger partial charge in [-0.1, -0.05) is 27.7 Å². The largest absolute Gasteiger partial charge is 0.287 e. The summed E-state index contributed by atoms with van der Waals surface area (Å²) in [5.74, 6) is 0. The number of hydrogen-bond donors (Lipinski definition) is 0. The van der Waals surface area contributed by atoms with Crippen LogP contribution < -0.4 is 0 Å². The summed E-state index contributed by atoms with van der Waals surface area (Å²) in [6.45, 7) is 0. The Hall–Kier alpha value is 0.500. The van der Waals surface area contributed by atoms with Gasteiger partial charge in [0, 0.05) is 11.8 Å². The van der Waals surface area contributed by atoms with Crippen LogP contribution in [0.1, 0.15) is 19.3 Å². The van der Waals surface area contributed by atoms with Crippen LogP contribution in [-0.4, -0.2) is 16.7 Å². The topological polar surface area (TPSA) is 17.1 Å². The molecule has 0 rings (SSSR count). The minimum Gasteiger partial charge on any atom is -0.287 e. The minimum atomic E-state index is 0.302. The summed E-state index contributed by atoms with van der Waals surface area (Å²) in [6.07, 6.45) is 4.68. The molecule has 0 saturated heterocycles. The van der Waals surface area contributed by atoms with Crippen LogP contribution in [0.25, 0.3) is 0 Å². The normalized spacial score (nSPS) is 9.56. The summed E-state index contributed by atoms with van der Waals surface area (Å²) in [6, 6.07) is 0. The molecule has 54 valence electrons. The van der Waals surface area contributed by atoms with Gasteiger partial charge in [0.05, 0.1) is 0 Å². The summed E-state index contributed by atoms with van der Waals surface area (Å²) in [5.41, 5.74) is 0. The third kappa shape index (κ3) is 6.38. The molecule has 0 bridgehead atoms. The molecule has 9 heavy (non-hydrogen) atoms. The lowest BCUT2D eigenvalue weighted by Gasteiger charge is -1.92. The van der Waals surface area contributed by atoms with Crippen molar-refractivity contribution >= 4 is 32.8 Å². The molecule has 0 aliphatic rings. The molecule has 0 unspecified atom stereocenters. The number of carbonyl (C=O) groups excluding carboxylic acids is 1.